The van der Waals surface area contributed by atoms with E-state index in [2.05, 4.69) is 10.0 Å². The Morgan fingerprint density at radius 1 is 0.939 bits per heavy atom. The molecule has 1 amide bonds. The van der Waals surface area contributed by atoms with Crippen molar-refractivity contribution in [2.45, 2.75) is 38.2 Å². The summed E-state index contributed by atoms with van der Waals surface area (Å²) in [7, 11) is -2.18. The van der Waals surface area contributed by atoms with E-state index in [1.165, 1.54) is 12.1 Å². The average Bonchev–Trinajstić information content (AvgIpc) is 2.80. The van der Waals surface area contributed by atoms with E-state index in [1.54, 1.807) is 49.6 Å². The predicted octanol–water partition coefficient (Wildman–Crippen LogP) is 4.91. The zero-order chi connectivity index (χ0) is 24.0. The second-order valence-electron chi connectivity index (χ2n) is 7.63. The molecule has 174 valence electrons. The van der Waals surface area contributed by atoms with Crippen LogP contribution >= 0.6 is 0 Å². The molecule has 0 saturated heterocycles. The molecule has 8 heteroatoms. The lowest BCUT2D eigenvalue weighted by Crippen LogP contribution is -2.32. The molecule has 2 N–H and O–H groups in total. The van der Waals surface area contributed by atoms with Crippen molar-refractivity contribution >= 4 is 27.3 Å². The van der Waals surface area contributed by atoms with Crippen molar-refractivity contribution in [2.24, 2.45) is 0 Å². The van der Waals surface area contributed by atoms with Gasteiger partial charge in [-0.1, -0.05) is 24.6 Å². The van der Waals surface area contributed by atoms with E-state index in [4.69, 9.17) is 9.47 Å². The number of methoxy groups -OCH3 is 1. The third-order valence-electron chi connectivity index (χ3n) is 5.06. The fourth-order valence-electron chi connectivity index (χ4n) is 3.21. The maximum atomic E-state index is 12.7. The van der Waals surface area contributed by atoms with Crippen LogP contribution in [-0.4, -0.2) is 27.5 Å². The van der Waals surface area contributed by atoms with Gasteiger partial charge in [0.15, 0.2) is 6.10 Å². The van der Waals surface area contributed by atoms with Crippen LogP contribution < -0.4 is 19.5 Å². The summed E-state index contributed by atoms with van der Waals surface area (Å²) in [6.45, 7) is 5.65. The molecule has 0 spiro atoms. The Hall–Kier alpha value is -3.52. The van der Waals surface area contributed by atoms with Crippen molar-refractivity contribution < 1.29 is 22.7 Å². The zero-order valence-corrected chi connectivity index (χ0v) is 19.9. The number of benzene rings is 3. The maximum Gasteiger partial charge on any atom is 0.265 e. The molecule has 0 aliphatic rings. The molecule has 0 aromatic heterocycles. The third kappa shape index (κ3) is 6.26. The molecule has 0 bridgehead atoms. The molecular formula is C25H28N2O5S. The summed E-state index contributed by atoms with van der Waals surface area (Å²) in [5.74, 6) is 0.927. The predicted molar refractivity (Wildman–Crippen MR) is 129 cm³/mol. The number of carbonyl (C=O) groups is 1. The smallest absolute Gasteiger partial charge is 0.265 e. The topological polar surface area (TPSA) is 93.7 Å². The van der Waals surface area contributed by atoms with E-state index in [0.717, 1.165) is 11.1 Å². The summed E-state index contributed by atoms with van der Waals surface area (Å²) in [5.41, 5.74) is 2.89. The second-order valence-corrected chi connectivity index (χ2v) is 9.31. The maximum absolute atomic E-state index is 12.7. The van der Waals surface area contributed by atoms with Crippen LogP contribution in [0.2, 0.25) is 0 Å². The molecule has 1 atom stereocenters. The molecule has 3 aromatic rings. The number of anilines is 2. The van der Waals surface area contributed by atoms with Crippen LogP contribution in [0.4, 0.5) is 11.4 Å². The van der Waals surface area contributed by atoms with E-state index in [0.29, 0.717) is 29.3 Å². The van der Waals surface area contributed by atoms with Crippen molar-refractivity contribution in [3.63, 3.8) is 0 Å². The number of nitrogens with one attached hydrogen (secondary N) is 2. The van der Waals surface area contributed by atoms with Crippen LogP contribution in [-0.2, 0) is 14.8 Å². The van der Waals surface area contributed by atoms with Crippen LogP contribution in [0.1, 0.15) is 24.5 Å². The lowest BCUT2D eigenvalue weighted by atomic mass is 10.1. The van der Waals surface area contributed by atoms with Gasteiger partial charge >= 0.3 is 0 Å². The van der Waals surface area contributed by atoms with Gasteiger partial charge in [0, 0.05) is 5.69 Å². The van der Waals surface area contributed by atoms with Crippen LogP contribution in [0.15, 0.2) is 71.6 Å². The summed E-state index contributed by atoms with van der Waals surface area (Å²) in [5, 5.41) is 2.78. The first-order valence-electron chi connectivity index (χ1n) is 10.5. The minimum atomic E-state index is -3.76. The molecule has 0 aliphatic heterocycles. The summed E-state index contributed by atoms with van der Waals surface area (Å²) >= 11 is 0. The highest BCUT2D eigenvalue weighted by Gasteiger charge is 2.20. The van der Waals surface area contributed by atoms with Crippen molar-refractivity contribution in [3.8, 4) is 11.5 Å². The van der Waals surface area contributed by atoms with Crippen molar-refractivity contribution in [1.82, 2.24) is 0 Å². The highest BCUT2D eigenvalue weighted by atomic mass is 32.2. The first kappa shape index (κ1) is 24.1. The molecule has 0 saturated carbocycles. The van der Waals surface area contributed by atoms with Gasteiger partial charge in [-0.2, -0.15) is 0 Å². The second kappa shape index (κ2) is 10.4. The molecule has 7 nitrogen and oxygen atoms in total. The van der Waals surface area contributed by atoms with Crippen molar-refractivity contribution in [3.05, 3.63) is 77.9 Å². The standard InChI is InChI=1S/C25H28N2O5S/c1-5-24(32-21-11-9-20(31-4)10-12-21)25(28)26-19-7-13-22(14-8-19)33(29,30)27-23-15-6-17(2)16-18(23)3/h6-16,24,27H,5H2,1-4H3,(H,26,28)/t24-/m0/s1. The number of ether oxygens (including phenoxy) is 2. The van der Waals surface area contributed by atoms with Gasteiger partial charge in [0.05, 0.1) is 17.7 Å². The fourth-order valence-corrected chi connectivity index (χ4v) is 4.34. The van der Waals surface area contributed by atoms with E-state index >= 15 is 0 Å². The number of sulfonamides is 1. The molecule has 3 rings (SSSR count). The largest absolute Gasteiger partial charge is 0.497 e. The first-order chi connectivity index (χ1) is 15.7. The molecule has 0 fully saturated rings. The van der Waals surface area contributed by atoms with Crippen LogP contribution in [0.3, 0.4) is 0 Å². The molecule has 0 aliphatic carbocycles. The molecular weight excluding hydrogens is 440 g/mol. The number of rotatable bonds is 9. The van der Waals surface area contributed by atoms with E-state index in [9.17, 15) is 13.2 Å². The Kier molecular flexibility index (Phi) is 7.60. The van der Waals surface area contributed by atoms with Gasteiger partial charge in [0.1, 0.15) is 11.5 Å². The number of amides is 1. The highest BCUT2D eigenvalue weighted by molar-refractivity contribution is 7.92. The number of hydrogen-bond donors (Lipinski definition) is 2. The summed E-state index contributed by atoms with van der Waals surface area (Å²) in [6.07, 6.45) is -0.238. The van der Waals surface area contributed by atoms with Crippen LogP contribution in [0.5, 0.6) is 11.5 Å². The number of hydrogen-bond acceptors (Lipinski definition) is 5. The Morgan fingerprint density at radius 2 is 1.58 bits per heavy atom. The van der Waals surface area contributed by atoms with Gasteiger partial charge in [0.2, 0.25) is 0 Å². The lowest BCUT2D eigenvalue weighted by Gasteiger charge is -2.17. The van der Waals surface area contributed by atoms with E-state index < -0.39 is 16.1 Å². The van der Waals surface area contributed by atoms with Gasteiger partial charge < -0.3 is 14.8 Å². The summed E-state index contributed by atoms with van der Waals surface area (Å²) in [6, 6.07) is 18.5. The molecule has 0 radical (unpaired) electrons. The van der Waals surface area contributed by atoms with Gasteiger partial charge in [-0.15, -0.1) is 0 Å². The Morgan fingerprint density at radius 3 is 2.15 bits per heavy atom. The monoisotopic (exact) mass is 468 g/mol. The quantitative estimate of drug-likeness (QED) is 0.465. The van der Waals surface area contributed by atoms with Gasteiger partial charge in [0.25, 0.3) is 15.9 Å². The van der Waals surface area contributed by atoms with Gasteiger partial charge in [-0.3, -0.25) is 9.52 Å². The molecule has 0 unspecified atom stereocenters. The average molecular weight is 469 g/mol. The molecule has 0 heterocycles. The van der Waals surface area contributed by atoms with Gasteiger partial charge in [-0.05, 0) is 80.4 Å². The summed E-state index contributed by atoms with van der Waals surface area (Å²) in [4.78, 5) is 12.8. The van der Waals surface area contributed by atoms with E-state index in [1.807, 2.05) is 32.9 Å². The molecule has 33 heavy (non-hydrogen) atoms. The lowest BCUT2D eigenvalue weighted by molar-refractivity contribution is -0.122. The Bertz CT molecular complexity index is 1210. The fraction of sp³-hybridized carbons (Fsp3) is 0.240. The Balaban J connectivity index is 1.66. The normalized spacial score (nSPS) is 12.0. The minimum absolute atomic E-state index is 0.0991. The SMILES string of the molecule is CC[C@H](Oc1ccc(OC)cc1)C(=O)Nc1ccc(S(=O)(=O)Nc2ccc(C)cc2C)cc1. The van der Waals surface area contributed by atoms with Crippen molar-refractivity contribution in [1.29, 1.82) is 0 Å². The van der Waals surface area contributed by atoms with E-state index in [-0.39, 0.29) is 10.8 Å². The number of carbonyl (C=O) groups excluding carboxylic acids is 1. The van der Waals surface area contributed by atoms with Crippen LogP contribution in [0, 0.1) is 13.8 Å². The molecule has 3 aromatic carbocycles. The minimum Gasteiger partial charge on any atom is -0.497 e. The third-order valence-corrected chi connectivity index (χ3v) is 6.44. The van der Waals surface area contributed by atoms with Crippen LogP contribution in [0.25, 0.3) is 0 Å². The number of aryl methyl sites for hydroxylation is 2. The van der Waals surface area contributed by atoms with Gasteiger partial charge in [-0.25, -0.2) is 8.42 Å². The first-order valence-corrected chi connectivity index (χ1v) is 12.0. The summed E-state index contributed by atoms with van der Waals surface area (Å²) < 4.78 is 39.0. The highest BCUT2D eigenvalue weighted by Crippen LogP contribution is 2.23. The van der Waals surface area contributed by atoms with Crippen molar-refractivity contribution in [2.75, 3.05) is 17.1 Å². The Labute approximate surface area is 194 Å². The zero-order valence-electron chi connectivity index (χ0n) is 19.1.